The lowest BCUT2D eigenvalue weighted by Gasteiger charge is -2.32. The summed E-state index contributed by atoms with van der Waals surface area (Å²) in [5.41, 5.74) is 0.834. The maximum Gasteiger partial charge on any atom is 0.271 e. The molecule has 0 aliphatic carbocycles. The Hall–Kier alpha value is -1.38. The van der Waals surface area contributed by atoms with Gasteiger partial charge in [0, 0.05) is 26.2 Å². The molecule has 0 saturated carbocycles. The SMILES string of the molecule is CCC(c1noc(-c2snnc2C)n1)N1CCNCC1. The van der Waals surface area contributed by atoms with Crippen LogP contribution in [0, 0.1) is 6.92 Å². The second-order valence-electron chi connectivity index (χ2n) is 4.86. The van der Waals surface area contributed by atoms with Gasteiger partial charge >= 0.3 is 0 Å². The summed E-state index contributed by atoms with van der Waals surface area (Å²) in [6, 6.07) is 0.218. The molecule has 1 fully saturated rings. The molecule has 1 aliphatic rings. The molecule has 0 radical (unpaired) electrons. The van der Waals surface area contributed by atoms with Crippen LogP contribution in [-0.4, -0.2) is 50.8 Å². The minimum absolute atomic E-state index is 0.218. The zero-order valence-corrected chi connectivity index (χ0v) is 12.5. The molecule has 1 N–H and O–H groups in total. The average Bonchev–Trinajstić information content (AvgIpc) is 3.10. The highest BCUT2D eigenvalue weighted by Crippen LogP contribution is 2.27. The number of aryl methyl sites for hydroxylation is 1. The van der Waals surface area contributed by atoms with Gasteiger partial charge in [0.25, 0.3) is 5.89 Å². The first-order valence-corrected chi connectivity index (χ1v) is 7.64. The molecule has 8 heteroatoms. The van der Waals surface area contributed by atoms with E-state index in [2.05, 4.69) is 36.9 Å². The second-order valence-corrected chi connectivity index (χ2v) is 5.61. The van der Waals surface area contributed by atoms with E-state index in [1.807, 2.05) is 6.92 Å². The Morgan fingerprint density at radius 3 is 2.85 bits per heavy atom. The van der Waals surface area contributed by atoms with Crippen molar-refractivity contribution in [3.63, 3.8) is 0 Å². The minimum atomic E-state index is 0.218. The first-order chi connectivity index (χ1) is 9.79. The van der Waals surface area contributed by atoms with Crippen LogP contribution in [0.15, 0.2) is 4.52 Å². The van der Waals surface area contributed by atoms with Gasteiger partial charge in [0.05, 0.1) is 11.7 Å². The number of aromatic nitrogens is 4. The van der Waals surface area contributed by atoms with Gasteiger partial charge in [-0.3, -0.25) is 4.90 Å². The van der Waals surface area contributed by atoms with Crippen LogP contribution in [0.5, 0.6) is 0 Å². The van der Waals surface area contributed by atoms with Gasteiger partial charge in [-0.1, -0.05) is 16.6 Å². The first-order valence-electron chi connectivity index (χ1n) is 6.87. The van der Waals surface area contributed by atoms with E-state index in [4.69, 9.17) is 4.52 Å². The number of nitrogens with zero attached hydrogens (tertiary/aromatic N) is 5. The molecule has 2 aromatic heterocycles. The summed E-state index contributed by atoms with van der Waals surface area (Å²) in [7, 11) is 0. The van der Waals surface area contributed by atoms with Gasteiger partial charge in [0.2, 0.25) is 0 Å². The summed E-state index contributed by atoms with van der Waals surface area (Å²) in [5, 5.41) is 11.5. The van der Waals surface area contributed by atoms with E-state index in [9.17, 15) is 0 Å². The van der Waals surface area contributed by atoms with E-state index < -0.39 is 0 Å². The van der Waals surface area contributed by atoms with Gasteiger partial charge in [-0.15, -0.1) is 5.10 Å². The van der Waals surface area contributed by atoms with E-state index in [-0.39, 0.29) is 6.04 Å². The largest absolute Gasteiger partial charge is 0.333 e. The highest BCUT2D eigenvalue weighted by molar-refractivity contribution is 7.09. The van der Waals surface area contributed by atoms with Crippen LogP contribution in [0.4, 0.5) is 0 Å². The first kappa shape index (κ1) is 13.6. The van der Waals surface area contributed by atoms with Crippen LogP contribution >= 0.6 is 11.5 Å². The van der Waals surface area contributed by atoms with Crippen molar-refractivity contribution in [3.8, 4) is 10.8 Å². The summed E-state index contributed by atoms with van der Waals surface area (Å²) in [6.07, 6.45) is 0.971. The normalized spacial score (nSPS) is 18.3. The number of nitrogens with one attached hydrogen (secondary N) is 1. The molecule has 0 amide bonds. The number of hydrogen-bond donors (Lipinski definition) is 1. The van der Waals surface area contributed by atoms with E-state index in [0.29, 0.717) is 5.89 Å². The molecule has 1 atom stereocenters. The lowest BCUT2D eigenvalue weighted by Crippen LogP contribution is -2.45. The van der Waals surface area contributed by atoms with Crippen molar-refractivity contribution in [3.05, 3.63) is 11.5 Å². The third kappa shape index (κ3) is 2.58. The number of hydrogen-bond acceptors (Lipinski definition) is 8. The van der Waals surface area contributed by atoms with Gasteiger partial charge in [0.1, 0.15) is 4.88 Å². The van der Waals surface area contributed by atoms with Crippen molar-refractivity contribution in [2.45, 2.75) is 26.3 Å². The molecule has 20 heavy (non-hydrogen) atoms. The van der Waals surface area contributed by atoms with E-state index in [1.165, 1.54) is 11.5 Å². The fraction of sp³-hybridized carbons (Fsp3) is 0.667. The Balaban J connectivity index is 1.82. The molecule has 3 heterocycles. The van der Waals surface area contributed by atoms with Gasteiger partial charge in [-0.05, 0) is 24.9 Å². The standard InChI is InChI=1S/C12H18N6OS/c1-3-9(18-6-4-13-5-7-18)11-14-12(19-16-11)10-8(2)15-17-20-10/h9,13H,3-7H2,1-2H3. The van der Waals surface area contributed by atoms with Crippen LogP contribution in [0.25, 0.3) is 10.8 Å². The molecule has 1 unspecified atom stereocenters. The lowest BCUT2D eigenvalue weighted by atomic mass is 10.1. The van der Waals surface area contributed by atoms with Crippen molar-refractivity contribution in [1.29, 1.82) is 0 Å². The van der Waals surface area contributed by atoms with Crippen LogP contribution in [0.2, 0.25) is 0 Å². The van der Waals surface area contributed by atoms with Crippen molar-refractivity contribution in [2.75, 3.05) is 26.2 Å². The molecule has 1 saturated heterocycles. The molecule has 2 aromatic rings. The van der Waals surface area contributed by atoms with E-state index in [0.717, 1.165) is 49.0 Å². The highest BCUT2D eigenvalue weighted by Gasteiger charge is 2.26. The molecule has 1 aliphatic heterocycles. The summed E-state index contributed by atoms with van der Waals surface area (Å²) in [6.45, 7) is 8.11. The van der Waals surface area contributed by atoms with Gasteiger partial charge < -0.3 is 9.84 Å². The monoisotopic (exact) mass is 294 g/mol. The van der Waals surface area contributed by atoms with Crippen LogP contribution < -0.4 is 5.32 Å². The van der Waals surface area contributed by atoms with Gasteiger partial charge in [-0.25, -0.2) is 0 Å². The van der Waals surface area contributed by atoms with E-state index in [1.54, 1.807) is 0 Å². The Morgan fingerprint density at radius 1 is 1.40 bits per heavy atom. The van der Waals surface area contributed by atoms with Gasteiger partial charge in [0.15, 0.2) is 5.82 Å². The smallest absolute Gasteiger partial charge is 0.271 e. The van der Waals surface area contributed by atoms with Crippen molar-refractivity contribution >= 4 is 11.5 Å². The Morgan fingerprint density at radius 2 is 2.20 bits per heavy atom. The van der Waals surface area contributed by atoms with Crippen molar-refractivity contribution in [1.82, 2.24) is 29.9 Å². The summed E-state index contributed by atoms with van der Waals surface area (Å²) in [5.74, 6) is 1.29. The quantitative estimate of drug-likeness (QED) is 0.909. The molecule has 7 nitrogen and oxygen atoms in total. The Kier molecular flexibility index (Phi) is 4.04. The minimum Gasteiger partial charge on any atom is -0.333 e. The topological polar surface area (TPSA) is 80.0 Å². The molecule has 3 rings (SSSR count). The number of rotatable bonds is 4. The van der Waals surface area contributed by atoms with Crippen molar-refractivity contribution in [2.24, 2.45) is 0 Å². The number of piperazine rings is 1. The maximum atomic E-state index is 5.39. The summed E-state index contributed by atoms with van der Waals surface area (Å²) in [4.78, 5) is 7.82. The molecular formula is C12H18N6OS. The Labute approximate surface area is 121 Å². The molecule has 108 valence electrons. The third-order valence-corrected chi connectivity index (χ3v) is 4.38. The third-order valence-electron chi connectivity index (χ3n) is 3.56. The molecular weight excluding hydrogens is 276 g/mol. The fourth-order valence-electron chi connectivity index (χ4n) is 2.49. The zero-order chi connectivity index (χ0) is 13.9. The summed E-state index contributed by atoms with van der Waals surface area (Å²) < 4.78 is 9.30. The molecule has 0 bridgehead atoms. The highest BCUT2D eigenvalue weighted by atomic mass is 32.1. The lowest BCUT2D eigenvalue weighted by molar-refractivity contribution is 0.160. The van der Waals surface area contributed by atoms with Crippen molar-refractivity contribution < 1.29 is 4.52 Å². The predicted octanol–water partition coefficient (Wildman–Crippen LogP) is 1.25. The zero-order valence-electron chi connectivity index (χ0n) is 11.7. The fourth-order valence-corrected chi connectivity index (χ4v) is 3.07. The van der Waals surface area contributed by atoms with Crippen LogP contribution in [-0.2, 0) is 0 Å². The van der Waals surface area contributed by atoms with Crippen LogP contribution in [0.1, 0.15) is 30.9 Å². The summed E-state index contributed by atoms with van der Waals surface area (Å²) >= 11 is 1.29. The molecule has 0 aromatic carbocycles. The van der Waals surface area contributed by atoms with Gasteiger partial charge in [-0.2, -0.15) is 4.98 Å². The van der Waals surface area contributed by atoms with E-state index >= 15 is 0 Å². The van der Waals surface area contributed by atoms with Crippen LogP contribution in [0.3, 0.4) is 0 Å². The molecule has 0 spiro atoms. The second kappa shape index (κ2) is 5.94. The average molecular weight is 294 g/mol. The Bertz CT molecular complexity index is 562. The predicted molar refractivity (Wildman–Crippen MR) is 75.4 cm³/mol. The maximum absolute atomic E-state index is 5.39.